The van der Waals surface area contributed by atoms with E-state index in [0.29, 0.717) is 28.2 Å². The predicted molar refractivity (Wildman–Crippen MR) is 146 cm³/mol. The standard InChI is InChI=1S/C30H24F3N5O3/c31-19-10-17(11-20(32)14-19)12-25(37-28(40)16-38-15-27(39)36-24-5-1-2-6-26(24)38)29-21(4-3-9-35-29)18-7-8-23(33)22(13-18)30(34)41/h1-11,13-14,25H,12,15-16H2,(H2,34,41)(H,36,39)(H,37,40)/t25-/m0/s1. The van der Waals surface area contributed by atoms with Crippen molar-refractivity contribution in [1.29, 1.82) is 0 Å². The molecule has 4 aromatic rings. The van der Waals surface area contributed by atoms with Crippen LogP contribution in [0.4, 0.5) is 24.5 Å². The minimum atomic E-state index is -0.958. The van der Waals surface area contributed by atoms with Gasteiger partial charge in [0.05, 0.1) is 41.8 Å². The summed E-state index contributed by atoms with van der Waals surface area (Å²) in [4.78, 5) is 43.5. The second-order valence-electron chi connectivity index (χ2n) is 9.52. The van der Waals surface area contributed by atoms with E-state index in [1.54, 1.807) is 41.3 Å². The number of pyridine rings is 1. The Bertz CT molecular complexity index is 1640. The first-order valence-electron chi connectivity index (χ1n) is 12.6. The lowest BCUT2D eigenvalue weighted by molar-refractivity contribution is -0.120. The number of nitrogens with zero attached hydrogens (tertiary/aromatic N) is 2. The fourth-order valence-electron chi connectivity index (χ4n) is 4.86. The van der Waals surface area contributed by atoms with E-state index >= 15 is 0 Å². The highest BCUT2D eigenvalue weighted by Gasteiger charge is 2.26. The van der Waals surface area contributed by atoms with Crippen molar-refractivity contribution in [3.8, 4) is 11.1 Å². The number of aromatic nitrogens is 1. The topological polar surface area (TPSA) is 117 Å². The molecule has 208 valence electrons. The van der Waals surface area contributed by atoms with Gasteiger partial charge in [0.1, 0.15) is 17.5 Å². The second-order valence-corrected chi connectivity index (χ2v) is 9.52. The van der Waals surface area contributed by atoms with Gasteiger partial charge in [-0.15, -0.1) is 0 Å². The third kappa shape index (κ3) is 6.19. The highest BCUT2D eigenvalue weighted by atomic mass is 19.1. The second kappa shape index (κ2) is 11.5. The summed E-state index contributed by atoms with van der Waals surface area (Å²) in [5, 5.41) is 5.65. The van der Waals surface area contributed by atoms with Gasteiger partial charge >= 0.3 is 0 Å². The zero-order chi connectivity index (χ0) is 29.1. The molecule has 0 spiro atoms. The number of nitrogens with one attached hydrogen (secondary N) is 2. The maximum absolute atomic E-state index is 14.2. The molecule has 1 atom stereocenters. The van der Waals surface area contributed by atoms with Crippen LogP contribution in [0.15, 0.2) is 79.0 Å². The lowest BCUT2D eigenvalue weighted by Gasteiger charge is -2.31. The predicted octanol–water partition coefficient (Wildman–Crippen LogP) is 4.12. The van der Waals surface area contributed by atoms with Crippen LogP contribution in [0, 0.1) is 17.5 Å². The first-order valence-corrected chi connectivity index (χ1v) is 12.6. The summed E-state index contributed by atoms with van der Waals surface area (Å²) < 4.78 is 42.3. The summed E-state index contributed by atoms with van der Waals surface area (Å²) in [5.74, 6) is -4.08. The molecule has 0 bridgehead atoms. The number of para-hydroxylation sites is 2. The normalized spacial score (nSPS) is 13.2. The van der Waals surface area contributed by atoms with Crippen molar-refractivity contribution in [3.63, 3.8) is 0 Å². The number of hydrogen-bond donors (Lipinski definition) is 3. The average Bonchev–Trinajstić information content (AvgIpc) is 2.92. The summed E-state index contributed by atoms with van der Waals surface area (Å²) >= 11 is 0. The summed E-state index contributed by atoms with van der Waals surface area (Å²) in [6.45, 7) is -0.243. The van der Waals surface area contributed by atoms with Crippen molar-refractivity contribution in [2.24, 2.45) is 5.73 Å². The smallest absolute Gasteiger partial charge is 0.251 e. The third-order valence-electron chi connectivity index (χ3n) is 6.60. The Kier molecular flexibility index (Phi) is 7.68. The minimum Gasteiger partial charge on any atom is -0.366 e. The van der Waals surface area contributed by atoms with E-state index in [2.05, 4.69) is 15.6 Å². The van der Waals surface area contributed by atoms with E-state index in [1.165, 1.54) is 18.3 Å². The lowest BCUT2D eigenvalue weighted by Crippen LogP contribution is -2.45. The van der Waals surface area contributed by atoms with Crippen molar-refractivity contribution >= 4 is 29.1 Å². The van der Waals surface area contributed by atoms with Crippen LogP contribution in [0.25, 0.3) is 11.1 Å². The number of amides is 3. The molecule has 0 fully saturated rings. The molecule has 1 aromatic heterocycles. The minimum absolute atomic E-state index is 0.0502. The van der Waals surface area contributed by atoms with Gasteiger partial charge in [0, 0.05) is 17.8 Å². The molecule has 8 nitrogen and oxygen atoms in total. The van der Waals surface area contributed by atoms with Gasteiger partial charge in [-0.05, 0) is 60.0 Å². The van der Waals surface area contributed by atoms with Crippen LogP contribution in [-0.2, 0) is 16.0 Å². The number of carbonyl (C=O) groups excluding carboxylic acids is 3. The van der Waals surface area contributed by atoms with Gasteiger partial charge < -0.3 is 21.3 Å². The van der Waals surface area contributed by atoms with E-state index in [4.69, 9.17) is 5.73 Å². The van der Waals surface area contributed by atoms with Crippen molar-refractivity contribution in [2.45, 2.75) is 12.5 Å². The van der Waals surface area contributed by atoms with Gasteiger partial charge in [0.25, 0.3) is 5.91 Å². The Morgan fingerprint density at radius 1 is 1.00 bits per heavy atom. The number of benzene rings is 3. The Morgan fingerprint density at radius 3 is 2.51 bits per heavy atom. The lowest BCUT2D eigenvalue weighted by atomic mass is 9.94. The molecular formula is C30H24F3N5O3. The first-order chi connectivity index (χ1) is 19.7. The summed E-state index contributed by atoms with van der Waals surface area (Å²) in [5.41, 5.74) is 7.64. The van der Waals surface area contributed by atoms with Crippen LogP contribution in [0.5, 0.6) is 0 Å². The highest BCUT2D eigenvalue weighted by molar-refractivity contribution is 6.02. The van der Waals surface area contributed by atoms with Crippen molar-refractivity contribution in [2.75, 3.05) is 23.3 Å². The Labute approximate surface area is 233 Å². The molecule has 0 radical (unpaired) electrons. The van der Waals surface area contributed by atoms with E-state index in [9.17, 15) is 27.6 Å². The van der Waals surface area contributed by atoms with Gasteiger partial charge in [-0.25, -0.2) is 13.2 Å². The molecule has 5 rings (SSSR count). The van der Waals surface area contributed by atoms with Crippen LogP contribution in [0.3, 0.4) is 0 Å². The number of anilines is 2. The maximum atomic E-state index is 14.2. The van der Waals surface area contributed by atoms with Crippen LogP contribution >= 0.6 is 0 Å². The van der Waals surface area contributed by atoms with E-state index in [0.717, 1.165) is 24.3 Å². The van der Waals surface area contributed by atoms with Crippen molar-refractivity contribution < 1.29 is 27.6 Å². The number of fused-ring (bicyclic) bond motifs is 1. The van der Waals surface area contributed by atoms with Gasteiger partial charge in [0.2, 0.25) is 11.8 Å². The molecule has 3 amide bonds. The molecule has 3 aromatic carbocycles. The molecular weight excluding hydrogens is 535 g/mol. The number of carbonyl (C=O) groups is 3. The SMILES string of the molecule is NC(=O)c1cc(-c2cccnc2[C@H](Cc2cc(F)cc(F)c2)NC(=O)CN2CC(=O)Nc3ccccc32)ccc1F. The van der Waals surface area contributed by atoms with Crippen LogP contribution in [-0.4, -0.2) is 35.8 Å². The summed E-state index contributed by atoms with van der Waals surface area (Å²) in [6, 6.07) is 16.3. The van der Waals surface area contributed by atoms with E-state index in [-0.39, 0.29) is 36.5 Å². The van der Waals surface area contributed by atoms with Gasteiger partial charge in [-0.2, -0.15) is 0 Å². The molecule has 1 aliphatic rings. The molecule has 0 aliphatic carbocycles. The van der Waals surface area contributed by atoms with Crippen LogP contribution < -0.4 is 21.3 Å². The summed E-state index contributed by atoms with van der Waals surface area (Å²) in [7, 11) is 0. The number of hydrogen-bond acceptors (Lipinski definition) is 5. The Morgan fingerprint density at radius 2 is 1.76 bits per heavy atom. The first kappa shape index (κ1) is 27.4. The van der Waals surface area contributed by atoms with Gasteiger partial charge in [-0.1, -0.05) is 24.3 Å². The maximum Gasteiger partial charge on any atom is 0.251 e. The molecule has 11 heteroatoms. The van der Waals surface area contributed by atoms with Crippen LogP contribution in [0.1, 0.15) is 27.7 Å². The zero-order valence-corrected chi connectivity index (χ0v) is 21.5. The zero-order valence-electron chi connectivity index (χ0n) is 21.5. The fraction of sp³-hybridized carbons (Fsp3) is 0.133. The molecule has 0 unspecified atom stereocenters. The number of rotatable bonds is 8. The van der Waals surface area contributed by atoms with E-state index in [1.807, 2.05) is 0 Å². The molecule has 0 saturated carbocycles. The van der Waals surface area contributed by atoms with Gasteiger partial charge in [0.15, 0.2) is 0 Å². The monoisotopic (exact) mass is 559 g/mol. The Hall–Kier alpha value is -5.19. The molecule has 4 N–H and O–H groups in total. The van der Waals surface area contributed by atoms with Crippen LogP contribution in [0.2, 0.25) is 0 Å². The quantitative estimate of drug-likeness (QED) is 0.300. The number of nitrogens with two attached hydrogens (primary N) is 1. The summed E-state index contributed by atoms with van der Waals surface area (Å²) in [6.07, 6.45) is 1.43. The number of primary amides is 1. The third-order valence-corrected chi connectivity index (χ3v) is 6.60. The van der Waals surface area contributed by atoms with Crippen molar-refractivity contribution in [1.82, 2.24) is 10.3 Å². The van der Waals surface area contributed by atoms with E-state index < -0.39 is 35.3 Å². The van der Waals surface area contributed by atoms with Gasteiger partial charge in [-0.3, -0.25) is 19.4 Å². The average molecular weight is 560 g/mol. The molecule has 1 aliphatic heterocycles. The molecule has 2 heterocycles. The molecule has 0 saturated heterocycles. The largest absolute Gasteiger partial charge is 0.366 e. The Balaban J connectivity index is 1.51. The molecule has 41 heavy (non-hydrogen) atoms. The van der Waals surface area contributed by atoms with Crippen molar-refractivity contribution in [3.05, 3.63) is 113 Å². The fourth-order valence-corrected chi connectivity index (χ4v) is 4.86. The number of halogens is 3. The highest BCUT2D eigenvalue weighted by Crippen LogP contribution is 2.31.